The lowest BCUT2D eigenvalue weighted by Gasteiger charge is -2.21. The average Bonchev–Trinajstić information content (AvgIpc) is 3.31. The molecule has 0 radical (unpaired) electrons. The summed E-state index contributed by atoms with van der Waals surface area (Å²) in [6.07, 6.45) is 0.655. The number of hydrogen-bond donors (Lipinski definition) is 1. The standard InChI is InChI=1S/C29H30ClN3O4/c1-4-32(5-2)29(35)37-26-16-15-25-23(17-18-33(25)19-21-11-9-10-14-24(21)30)27(26)31-28(34)20(3)36-22-12-7-6-8-13-22/h6-18,20H,4-5,19H2,1-3H3,(H,31,34). The first-order valence-electron chi connectivity index (χ1n) is 12.3. The number of benzene rings is 3. The summed E-state index contributed by atoms with van der Waals surface area (Å²) in [5, 5.41) is 4.35. The largest absolute Gasteiger partial charge is 0.481 e. The highest BCUT2D eigenvalue weighted by molar-refractivity contribution is 6.31. The molecule has 1 unspecified atom stereocenters. The van der Waals surface area contributed by atoms with Crippen LogP contribution in [0.3, 0.4) is 0 Å². The number of rotatable bonds is 9. The van der Waals surface area contributed by atoms with Crippen LogP contribution in [0.5, 0.6) is 11.5 Å². The van der Waals surface area contributed by atoms with Crippen molar-refractivity contribution in [1.29, 1.82) is 0 Å². The topological polar surface area (TPSA) is 72.8 Å². The lowest BCUT2D eigenvalue weighted by molar-refractivity contribution is -0.122. The maximum Gasteiger partial charge on any atom is 0.415 e. The van der Waals surface area contributed by atoms with Gasteiger partial charge >= 0.3 is 6.09 Å². The summed E-state index contributed by atoms with van der Waals surface area (Å²) in [6, 6.07) is 22.3. The smallest absolute Gasteiger partial charge is 0.415 e. The number of hydrogen-bond acceptors (Lipinski definition) is 4. The highest BCUT2D eigenvalue weighted by Crippen LogP contribution is 2.35. The van der Waals surface area contributed by atoms with Gasteiger partial charge in [-0.25, -0.2) is 4.79 Å². The van der Waals surface area contributed by atoms with Gasteiger partial charge in [0.2, 0.25) is 0 Å². The van der Waals surface area contributed by atoms with Crippen LogP contribution in [0.25, 0.3) is 10.9 Å². The molecule has 2 amide bonds. The third kappa shape index (κ3) is 6.06. The quantitative estimate of drug-likeness (QED) is 0.271. The Labute approximate surface area is 221 Å². The second-order valence-corrected chi connectivity index (χ2v) is 8.92. The van der Waals surface area contributed by atoms with E-state index in [-0.39, 0.29) is 11.7 Å². The molecule has 0 saturated heterocycles. The van der Waals surface area contributed by atoms with Crippen molar-refractivity contribution in [3.05, 3.63) is 89.6 Å². The minimum atomic E-state index is -0.783. The average molecular weight is 520 g/mol. The molecule has 7 nitrogen and oxygen atoms in total. The van der Waals surface area contributed by atoms with Crippen molar-refractivity contribution < 1.29 is 19.1 Å². The fourth-order valence-corrected chi connectivity index (χ4v) is 4.23. The van der Waals surface area contributed by atoms with E-state index in [0.29, 0.717) is 36.1 Å². The number of para-hydroxylation sites is 1. The van der Waals surface area contributed by atoms with Gasteiger partial charge < -0.3 is 24.3 Å². The van der Waals surface area contributed by atoms with Crippen molar-refractivity contribution >= 4 is 40.2 Å². The van der Waals surface area contributed by atoms with Crippen LogP contribution >= 0.6 is 11.6 Å². The van der Waals surface area contributed by atoms with Gasteiger partial charge in [0, 0.05) is 36.2 Å². The number of amides is 2. The Balaban J connectivity index is 1.68. The lowest BCUT2D eigenvalue weighted by atomic mass is 10.1. The Bertz CT molecular complexity index is 1380. The first-order chi connectivity index (χ1) is 17.9. The first kappa shape index (κ1) is 26.1. The molecule has 0 saturated carbocycles. The Morgan fingerprint density at radius 2 is 1.68 bits per heavy atom. The predicted octanol–water partition coefficient (Wildman–Crippen LogP) is 6.59. The summed E-state index contributed by atoms with van der Waals surface area (Å²) in [4.78, 5) is 27.5. The predicted molar refractivity (Wildman–Crippen MR) is 147 cm³/mol. The third-order valence-electron chi connectivity index (χ3n) is 6.11. The van der Waals surface area contributed by atoms with Gasteiger partial charge in [-0.2, -0.15) is 0 Å². The van der Waals surface area contributed by atoms with Crippen molar-refractivity contribution in [2.24, 2.45) is 0 Å². The molecule has 3 aromatic carbocycles. The minimum absolute atomic E-state index is 0.264. The van der Waals surface area contributed by atoms with Gasteiger partial charge in [-0.15, -0.1) is 0 Å². The van der Waals surface area contributed by atoms with Gasteiger partial charge in [0.05, 0.1) is 11.2 Å². The van der Waals surface area contributed by atoms with Gasteiger partial charge in [0.1, 0.15) is 5.75 Å². The summed E-state index contributed by atoms with van der Waals surface area (Å²) >= 11 is 6.39. The highest BCUT2D eigenvalue weighted by atomic mass is 35.5. The van der Waals surface area contributed by atoms with E-state index in [1.54, 1.807) is 30.0 Å². The second kappa shape index (κ2) is 11.8. The number of nitrogens with one attached hydrogen (secondary N) is 1. The molecule has 1 N–H and O–H groups in total. The minimum Gasteiger partial charge on any atom is -0.481 e. The molecule has 8 heteroatoms. The monoisotopic (exact) mass is 519 g/mol. The van der Waals surface area contributed by atoms with Crippen LogP contribution in [-0.2, 0) is 11.3 Å². The molecule has 4 aromatic rings. The van der Waals surface area contributed by atoms with Crippen LogP contribution < -0.4 is 14.8 Å². The fraction of sp³-hybridized carbons (Fsp3) is 0.241. The molecule has 0 spiro atoms. The maximum atomic E-state index is 13.2. The van der Waals surface area contributed by atoms with E-state index in [2.05, 4.69) is 5.32 Å². The number of ether oxygens (including phenoxy) is 2. The number of nitrogens with zero attached hydrogens (tertiary/aromatic N) is 2. The zero-order valence-corrected chi connectivity index (χ0v) is 21.9. The van der Waals surface area contributed by atoms with Gasteiger partial charge in [0.15, 0.2) is 11.9 Å². The molecule has 1 aromatic heterocycles. The summed E-state index contributed by atoms with van der Waals surface area (Å²) in [5.74, 6) is 0.484. The maximum absolute atomic E-state index is 13.2. The van der Waals surface area contributed by atoms with Crippen LogP contribution in [0, 0.1) is 0 Å². The molecule has 0 aliphatic carbocycles. The van der Waals surface area contributed by atoms with Gasteiger partial charge in [-0.05, 0) is 62.7 Å². The van der Waals surface area contributed by atoms with E-state index < -0.39 is 12.2 Å². The SMILES string of the molecule is CCN(CC)C(=O)Oc1ccc2c(ccn2Cc2ccccc2Cl)c1NC(=O)C(C)Oc1ccccc1. The van der Waals surface area contributed by atoms with Gasteiger partial charge in [0.25, 0.3) is 5.91 Å². The van der Waals surface area contributed by atoms with Crippen LogP contribution in [0.4, 0.5) is 10.5 Å². The number of anilines is 1. The molecular formula is C29H30ClN3O4. The second-order valence-electron chi connectivity index (χ2n) is 8.51. The number of fused-ring (bicyclic) bond motifs is 1. The highest BCUT2D eigenvalue weighted by Gasteiger charge is 2.22. The van der Waals surface area contributed by atoms with Crippen molar-refractivity contribution in [2.45, 2.75) is 33.4 Å². The van der Waals surface area contributed by atoms with Crippen LogP contribution in [0.2, 0.25) is 5.02 Å². The van der Waals surface area contributed by atoms with E-state index >= 15 is 0 Å². The van der Waals surface area contributed by atoms with Crippen molar-refractivity contribution in [3.8, 4) is 11.5 Å². The number of carbonyl (C=O) groups is 2. The Kier molecular flexibility index (Phi) is 8.36. The Morgan fingerprint density at radius 3 is 2.38 bits per heavy atom. The molecule has 0 aliphatic rings. The summed E-state index contributed by atoms with van der Waals surface area (Å²) in [5.41, 5.74) is 2.23. The Hall–Kier alpha value is -3.97. The summed E-state index contributed by atoms with van der Waals surface area (Å²) < 4.78 is 13.6. The molecule has 0 fully saturated rings. The number of aromatic nitrogens is 1. The van der Waals surface area contributed by atoms with Crippen LogP contribution in [-0.4, -0.2) is 40.7 Å². The first-order valence-corrected chi connectivity index (χ1v) is 12.6. The number of carbonyl (C=O) groups excluding carboxylic acids is 2. The zero-order chi connectivity index (χ0) is 26.4. The fourth-order valence-electron chi connectivity index (χ4n) is 4.04. The van der Waals surface area contributed by atoms with E-state index in [4.69, 9.17) is 21.1 Å². The van der Waals surface area contributed by atoms with E-state index in [1.807, 2.05) is 79.2 Å². The molecule has 0 aliphatic heterocycles. The Morgan fingerprint density at radius 1 is 0.973 bits per heavy atom. The molecule has 1 heterocycles. The van der Waals surface area contributed by atoms with Crippen molar-refractivity contribution in [1.82, 2.24) is 9.47 Å². The third-order valence-corrected chi connectivity index (χ3v) is 6.47. The molecular weight excluding hydrogens is 490 g/mol. The zero-order valence-electron chi connectivity index (χ0n) is 21.1. The molecule has 1 atom stereocenters. The van der Waals surface area contributed by atoms with E-state index in [1.165, 1.54) is 0 Å². The molecule has 37 heavy (non-hydrogen) atoms. The summed E-state index contributed by atoms with van der Waals surface area (Å²) in [6.45, 7) is 7.00. The number of halogens is 1. The summed E-state index contributed by atoms with van der Waals surface area (Å²) in [7, 11) is 0. The van der Waals surface area contributed by atoms with Gasteiger partial charge in [-0.3, -0.25) is 4.79 Å². The van der Waals surface area contributed by atoms with Crippen LogP contribution in [0.1, 0.15) is 26.3 Å². The van der Waals surface area contributed by atoms with Gasteiger partial charge in [-0.1, -0.05) is 48.0 Å². The molecule has 0 bridgehead atoms. The van der Waals surface area contributed by atoms with Crippen molar-refractivity contribution in [3.63, 3.8) is 0 Å². The lowest BCUT2D eigenvalue weighted by Crippen LogP contribution is -2.34. The van der Waals surface area contributed by atoms with E-state index in [9.17, 15) is 9.59 Å². The van der Waals surface area contributed by atoms with Crippen molar-refractivity contribution in [2.75, 3.05) is 18.4 Å². The molecule has 4 rings (SSSR count). The van der Waals surface area contributed by atoms with E-state index in [0.717, 1.165) is 16.5 Å². The molecule has 192 valence electrons. The normalized spacial score (nSPS) is 11.7. The van der Waals surface area contributed by atoms with Crippen LogP contribution in [0.15, 0.2) is 79.0 Å².